The Morgan fingerprint density at radius 2 is 1.92 bits per heavy atom. The van der Waals surface area contributed by atoms with E-state index >= 15 is 0 Å². The average molecular weight is 341 g/mol. The van der Waals surface area contributed by atoms with Crippen molar-refractivity contribution in [2.24, 2.45) is 0 Å². The molecule has 0 saturated heterocycles. The fourth-order valence-electron chi connectivity index (χ4n) is 2.53. The van der Waals surface area contributed by atoms with Crippen LogP contribution in [0.1, 0.15) is 41.3 Å². The fourth-order valence-corrected chi connectivity index (χ4v) is 2.53. The predicted molar refractivity (Wildman–Crippen MR) is 100 cm³/mol. The first kappa shape index (κ1) is 19.0. The van der Waals surface area contributed by atoms with Crippen LogP contribution in [0.5, 0.6) is 5.75 Å². The minimum absolute atomic E-state index is 0.0756. The van der Waals surface area contributed by atoms with E-state index < -0.39 is 0 Å². The lowest BCUT2D eigenvalue weighted by Crippen LogP contribution is -2.25. The molecule has 0 radical (unpaired) electrons. The Morgan fingerprint density at radius 1 is 1.12 bits per heavy atom. The van der Waals surface area contributed by atoms with E-state index in [1.807, 2.05) is 30.3 Å². The van der Waals surface area contributed by atoms with Gasteiger partial charge in [-0.3, -0.25) is 4.79 Å². The van der Waals surface area contributed by atoms with Gasteiger partial charge < -0.3 is 14.8 Å². The Balaban J connectivity index is 1.91. The molecular formula is C21H27NO3. The molecule has 1 N–H and O–H groups in total. The van der Waals surface area contributed by atoms with Gasteiger partial charge in [0.2, 0.25) is 0 Å². The van der Waals surface area contributed by atoms with Crippen LogP contribution in [-0.2, 0) is 17.8 Å². The average Bonchev–Trinajstić information content (AvgIpc) is 2.66. The van der Waals surface area contributed by atoms with Gasteiger partial charge in [0.15, 0.2) is 0 Å². The second-order valence-corrected chi connectivity index (χ2v) is 5.92. The van der Waals surface area contributed by atoms with Crippen LogP contribution < -0.4 is 10.1 Å². The van der Waals surface area contributed by atoms with E-state index in [0.717, 1.165) is 30.6 Å². The standard InChI is InChI=1S/C21H27NO3/c1-3-4-14-25-16-19-15-18(10-11-20(19)24-2)21(23)22-13-12-17-8-6-5-7-9-17/h5-11,15H,3-4,12-14,16H2,1-2H3,(H,22,23). The van der Waals surface area contributed by atoms with Gasteiger partial charge >= 0.3 is 0 Å². The Morgan fingerprint density at radius 3 is 2.64 bits per heavy atom. The van der Waals surface area contributed by atoms with E-state index in [0.29, 0.717) is 25.3 Å². The van der Waals surface area contributed by atoms with Gasteiger partial charge in [0.1, 0.15) is 5.75 Å². The Hall–Kier alpha value is -2.33. The van der Waals surface area contributed by atoms with Crippen molar-refractivity contribution in [1.29, 1.82) is 0 Å². The summed E-state index contributed by atoms with van der Waals surface area (Å²) in [6, 6.07) is 15.6. The molecule has 0 heterocycles. The SMILES string of the molecule is CCCCOCc1cc(C(=O)NCCc2ccccc2)ccc1OC. The molecule has 4 nitrogen and oxygen atoms in total. The van der Waals surface area contributed by atoms with E-state index in [2.05, 4.69) is 24.4 Å². The van der Waals surface area contributed by atoms with Crippen molar-refractivity contribution in [3.63, 3.8) is 0 Å². The molecule has 4 heteroatoms. The van der Waals surface area contributed by atoms with Gasteiger partial charge in [-0.1, -0.05) is 43.7 Å². The lowest BCUT2D eigenvalue weighted by atomic mass is 10.1. The highest BCUT2D eigenvalue weighted by Gasteiger charge is 2.10. The van der Waals surface area contributed by atoms with Gasteiger partial charge in [0, 0.05) is 24.3 Å². The summed E-state index contributed by atoms with van der Waals surface area (Å²) in [5, 5.41) is 2.97. The van der Waals surface area contributed by atoms with Gasteiger partial charge in [0.05, 0.1) is 13.7 Å². The van der Waals surface area contributed by atoms with E-state index in [1.54, 1.807) is 13.2 Å². The number of benzene rings is 2. The molecule has 0 aliphatic heterocycles. The number of methoxy groups -OCH3 is 1. The Kier molecular flexibility index (Phi) is 7.99. The smallest absolute Gasteiger partial charge is 0.251 e. The van der Waals surface area contributed by atoms with Crippen LogP contribution >= 0.6 is 0 Å². The van der Waals surface area contributed by atoms with E-state index in [9.17, 15) is 4.79 Å². The topological polar surface area (TPSA) is 47.6 Å². The van der Waals surface area contributed by atoms with Crippen molar-refractivity contribution in [2.75, 3.05) is 20.3 Å². The number of carbonyl (C=O) groups is 1. The molecule has 0 aliphatic rings. The zero-order valence-corrected chi connectivity index (χ0v) is 15.1. The van der Waals surface area contributed by atoms with Crippen molar-refractivity contribution in [1.82, 2.24) is 5.32 Å². The largest absolute Gasteiger partial charge is 0.496 e. The Labute approximate surface area is 150 Å². The fraction of sp³-hybridized carbons (Fsp3) is 0.381. The third-order valence-corrected chi connectivity index (χ3v) is 3.98. The van der Waals surface area contributed by atoms with Gasteiger partial charge in [-0.2, -0.15) is 0 Å². The van der Waals surface area contributed by atoms with Crippen molar-refractivity contribution in [2.45, 2.75) is 32.8 Å². The monoisotopic (exact) mass is 341 g/mol. The molecule has 25 heavy (non-hydrogen) atoms. The highest BCUT2D eigenvalue weighted by Crippen LogP contribution is 2.21. The van der Waals surface area contributed by atoms with E-state index in [1.165, 1.54) is 5.56 Å². The quantitative estimate of drug-likeness (QED) is 0.665. The lowest BCUT2D eigenvalue weighted by molar-refractivity contribution is 0.0953. The minimum atomic E-state index is -0.0756. The third-order valence-electron chi connectivity index (χ3n) is 3.98. The van der Waals surface area contributed by atoms with Crippen LogP contribution in [-0.4, -0.2) is 26.2 Å². The highest BCUT2D eigenvalue weighted by atomic mass is 16.5. The summed E-state index contributed by atoms with van der Waals surface area (Å²) in [5.74, 6) is 0.672. The molecule has 134 valence electrons. The first-order valence-electron chi connectivity index (χ1n) is 8.81. The Bertz CT molecular complexity index is 655. The van der Waals surface area contributed by atoms with E-state index in [4.69, 9.17) is 9.47 Å². The van der Waals surface area contributed by atoms with Gasteiger partial charge in [-0.15, -0.1) is 0 Å². The van der Waals surface area contributed by atoms with Crippen LogP contribution in [0, 0.1) is 0 Å². The summed E-state index contributed by atoms with van der Waals surface area (Å²) >= 11 is 0. The number of hydrogen-bond donors (Lipinski definition) is 1. The summed E-state index contributed by atoms with van der Waals surface area (Å²) < 4.78 is 11.0. The van der Waals surface area contributed by atoms with E-state index in [-0.39, 0.29) is 5.91 Å². The first-order chi connectivity index (χ1) is 12.2. The lowest BCUT2D eigenvalue weighted by Gasteiger charge is -2.12. The molecule has 0 fully saturated rings. The zero-order chi connectivity index (χ0) is 17.9. The molecule has 0 saturated carbocycles. The maximum atomic E-state index is 12.4. The van der Waals surface area contributed by atoms with Crippen molar-refractivity contribution < 1.29 is 14.3 Å². The minimum Gasteiger partial charge on any atom is -0.496 e. The molecule has 1 amide bonds. The predicted octanol–water partition coefficient (Wildman–Crippen LogP) is 3.98. The normalized spacial score (nSPS) is 10.5. The number of amides is 1. The number of hydrogen-bond acceptors (Lipinski definition) is 3. The van der Waals surface area contributed by atoms with Crippen LogP contribution in [0.2, 0.25) is 0 Å². The molecule has 2 aromatic rings. The molecule has 2 rings (SSSR count). The third kappa shape index (κ3) is 6.24. The summed E-state index contributed by atoms with van der Waals surface area (Å²) in [6.45, 7) is 3.91. The van der Waals surface area contributed by atoms with Crippen LogP contribution in [0.25, 0.3) is 0 Å². The van der Waals surface area contributed by atoms with Crippen LogP contribution in [0.3, 0.4) is 0 Å². The van der Waals surface area contributed by atoms with Crippen molar-refractivity contribution >= 4 is 5.91 Å². The molecule has 2 aromatic carbocycles. The van der Waals surface area contributed by atoms with Crippen LogP contribution in [0.4, 0.5) is 0 Å². The second-order valence-electron chi connectivity index (χ2n) is 5.92. The highest BCUT2D eigenvalue weighted by molar-refractivity contribution is 5.94. The summed E-state index contributed by atoms with van der Waals surface area (Å²) in [5.41, 5.74) is 2.74. The summed E-state index contributed by atoms with van der Waals surface area (Å²) in [7, 11) is 1.63. The molecule has 0 atom stereocenters. The summed E-state index contributed by atoms with van der Waals surface area (Å²) in [6.07, 6.45) is 2.94. The number of nitrogens with one attached hydrogen (secondary N) is 1. The molecule has 0 aliphatic carbocycles. The number of unbranched alkanes of at least 4 members (excludes halogenated alkanes) is 1. The molecular weight excluding hydrogens is 314 g/mol. The zero-order valence-electron chi connectivity index (χ0n) is 15.1. The second kappa shape index (κ2) is 10.5. The van der Waals surface area contributed by atoms with Crippen LogP contribution in [0.15, 0.2) is 48.5 Å². The van der Waals surface area contributed by atoms with Gasteiger partial charge in [-0.25, -0.2) is 0 Å². The molecule has 0 spiro atoms. The molecule has 0 aromatic heterocycles. The molecule has 0 bridgehead atoms. The number of rotatable bonds is 10. The number of carbonyl (C=O) groups excluding carboxylic acids is 1. The van der Waals surface area contributed by atoms with Crippen molar-refractivity contribution in [3.05, 3.63) is 65.2 Å². The number of ether oxygens (including phenoxy) is 2. The maximum absolute atomic E-state index is 12.4. The molecule has 0 unspecified atom stereocenters. The summed E-state index contributed by atoms with van der Waals surface area (Å²) in [4.78, 5) is 12.4. The first-order valence-corrected chi connectivity index (χ1v) is 8.81. The maximum Gasteiger partial charge on any atom is 0.251 e. The van der Waals surface area contributed by atoms with Gasteiger partial charge in [-0.05, 0) is 36.6 Å². The van der Waals surface area contributed by atoms with Crippen molar-refractivity contribution in [3.8, 4) is 5.75 Å². The van der Waals surface area contributed by atoms with Gasteiger partial charge in [0.25, 0.3) is 5.91 Å².